The molecule has 9 heteroatoms. The van der Waals surface area contributed by atoms with E-state index in [9.17, 15) is 13.2 Å². The summed E-state index contributed by atoms with van der Waals surface area (Å²) in [5, 5.41) is 5.03. The Labute approximate surface area is 163 Å². The van der Waals surface area contributed by atoms with Crippen LogP contribution in [0.15, 0.2) is 29.4 Å². The Morgan fingerprint density at radius 2 is 2.00 bits per heavy atom. The highest BCUT2D eigenvalue weighted by molar-refractivity contribution is 7.88. The first kappa shape index (κ1) is 18.7. The molecule has 1 saturated carbocycles. The van der Waals surface area contributed by atoms with Crippen molar-refractivity contribution in [3.63, 3.8) is 0 Å². The number of halogens is 1. The number of esters is 1. The number of methoxy groups -OCH3 is 1. The topological polar surface area (TPSA) is 85.3 Å². The molecule has 1 aromatic rings. The first-order valence-electron chi connectivity index (χ1n) is 8.75. The maximum atomic E-state index is 12.2. The molecule has 1 saturated heterocycles. The standard InChI is InChI=1S/C18H21ClN2O5S/c1-25-16(22)14-9-17(11-21(14)27(2,23)24)10-15(20-26-17)18(7-8-18)12-3-5-13(19)6-4-12/h3-6,14H,7-11H2,1-2H3. The van der Waals surface area contributed by atoms with Crippen LogP contribution in [0.3, 0.4) is 0 Å². The molecule has 0 N–H and O–H groups in total. The second-order valence-corrected chi connectivity index (χ2v) is 10.0. The van der Waals surface area contributed by atoms with Crippen molar-refractivity contribution in [2.24, 2.45) is 5.16 Å². The number of hydrogen-bond donors (Lipinski definition) is 0. The molecule has 2 heterocycles. The third-order valence-electron chi connectivity index (χ3n) is 5.79. The van der Waals surface area contributed by atoms with Gasteiger partial charge in [-0.2, -0.15) is 4.31 Å². The molecule has 2 unspecified atom stereocenters. The van der Waals surface area contributed by atoms with Gasteiger partial charge in [0.1, 0.15) is 6.04 Å². The van der Waals surface area contributed by atoms with Crippen LogP contribution in [0.5, 0.6) is 0 Å². The van der Waals surface area contributed by atoms with E-state index >= 15 is 0 Å². The lowest BCUT2D eigenvalue weighted by Crippen LogP contribution is -2.41. The minimum Gasteiger partial charge on any atom is -0.468 e. The maximum Gasteiger partial charge on any atom is 0.324 e. The average Bonchev–Trinajstić information content (AvgIpc) is 3.18. The van der Waals surface area contributed by atoms with E-state index in [1.54, 1.807) is 0 Å². The fraction of sp³-hybridized carbons (Fsp3) is 0.556. The van der Waals surface area contributed by atoms with Gasteiger partial charge in [0.25, 0.3) is 0 Å². The fourth-order valence-corrected chi connectivity index (χ4v) is 5.43. The molecule has 2 atom stereocenters. The van der Waals surface area contributed by atoms with E-state index in [1.807, 2.05) is 24.3 Å². The van der Waals surface area contributed by atoms with Crippen LogP contribution in [-0.4, -0.2) is 56.0 Å². The fourth-order valence-electron chi connectivity index (χ4n) is 4.21. The van der Waals surface area contributed by atoms with E-state index in [4.69, 9.17) is 21.2 Å². The molecule has 1 aliphatic carbocycles. The van der Waals surface area contributed by atoms with Gasteiger partial charge in [-0.25, -0.2) is 8.42 Å². The Kier molecular flexibility index (Phi) is 4.29. The molecule has 2 fully saturated rings. The number of hydrogen-bond acceptors (Lipinski definition) is 6. The predicted octanol–water partition coefficient (Wildman–Crippen LogP) is 2.09. The highest BCUT2D eigenvalue weighted by atomic mass is 35.5. The molecule has 1 spiro atoms. The van der Waals surface area contributed by atoms with Crippen molar-refractivity contribution < 1.29 is 22.8 Å². The third kappa shape index (κ3) is 3.13. The van der Waals surface area contributed by atoms with Gasteiger partial charge < -0.3 is 9.57 Å². The van der Waals surface area contributed by atoms with Crippen molar-refractivity contribution in [2.75, 3.05) is 19.9 Å². The Morgan fingerprint density at radius 1 is 1.33 bits per heavy atom. The number of carbonyl (C=O) groups is 1. The Bertz CT molecular complexity index is 910. The summed E-state index contributed by atoms with van der Waals surface area (Å²) in [5.41, 5.74) is 1.05. The Morgan fingerprint density at radius 3 is 2.56 bits per heavy atom. The molecular formula is C18H21ClN2O5S. The minimum atomic E-state index is -3.58. The van der Waals surface area contributed by atoms with E-state index in [2.05, 4.69) is 5.16 Å². The van der Waals surface area contributed by atoms with Crippen LogP contribution < -0.4 is 0 Å². The van der Waals surface area contributed by atoms with E-state index in [1.165, 1.54) is 11.4 Å². The van der Waals surface area contributed by atoms with E-state index in [0.717, 1.165) is 30.4 Å². The Balaban J connectivity index is 1.58. The summed E-state index contributed by atoms with van der Waals surface area (Å²) < 4.78 is 30.3. The minimum absolute atomic E-state index is 0.0926. The van der Waals surface area contributed by atoms with Crippen LogP contribution in [0.25, 0.3) is 0 Å². The van der Waals surface area contributed by atoms with Gasteiger partial charge in [-0.15, -0.1) is 0 Å². The first-order valence-corrected chi connectivity index (χ1v) is 11.0. The van der Waals surface area contributed by atoms with Crippen molar-refractivity contribution in [1.82, 2.24) is 4.31 Å². The largest absolute Gasteiger partial charge is 0.468 e. The van der Waals surface area contributed by atoms with Crippen molar-refractivity contribution in [2.45, 2.75) is 42.7 Å². The summed E-state index contributed by atoms with van der Waals surface area (Å²) in [7, 11) is -2.32. The molecule has 1 aromatic carbocycles. The van der Waals surface area contributed by atoms with Gasteiger partial charge in [0.05, 0.1) is 25.6 Å². The van der Waals surface area contributed by atoms with Crippen LogP contribution in [-0.2, 0) is 29.8 Å². The van der Waals surface area contributed by atoms with Crippen molar-refractivity contribution >= 4 is 33.3 Å². The first-order chi connectivity index (χ1) is 12.7. The maximum absolute atomic E-state index is 12.2. The monoisotopic (exact) mass is 412 g/mol. The molecule has 146 valence electrons. The van der Waals surface area contributed by atoms with Gasteiger partial charge in [-0.05, 0) is 30.5 Å². The van der Waals surface area contributed by atoms with Crippen LogP contribution in [0.1, 0.15) is 31.2 Å². The zero-order valence-electron chi connectivity index (χ0n) is 15.1. The SMILES string of the molecule is COC(=O)C1CC2(CC(C3(c4ccc(Cl)cc4)CC3)=NO2)CN1S(C)(=O)=O. The number of benzene rings is 1. The van der Waals surface area contributed by atoms with E-state index in [0.29, 0.717) is 11.4 Å². The molecule has 0 radical (unpaired) electrons. The van der Waals surface area contributed by atoms with Crippen LogP contribution in [0.4, 0.5) is 0 Å². The van der Waals surface area contributed by atoms with Crippen molar-refractivity contribution in [3.05, 3.63) is 34.9 Å². The number of rotatable bonds is 4. The highest BCUT2D eigenvalue weighted by Crippen LogP contribution is 2.54. The van der Waals surface area contributed by atoms with E-state index in [-0.39, 0.29) is 18.4 Å². The van der Waals surface area contributed by atoms with Gasteiger partial charge >= 0.3 is 5.97 Å². The summed E-state index contributed by atoms with van der Waals surface area (Å²) in [4.78, 5) is 17.9. The number of oxime groups is 1. The summed E-state index contributed by atoms with van der Waals surface area (Å²) in [5.74, 6) is -0.576. The third-order valence-corrected chi connectivity index (χ3v) is 7.28. The van der Waals surface area contributed by atoms with Crippen molar-refractivity contribution in [1.29, 1.82) is 0 Å². The molecule has 2 aliphatic heterocycles. The van der Waals surface area contributed by atoms with Gasteiger partial charge in [0, 0.05) is 23.3 Å². The quantitative estimate of drug-likeness (QED) is 0.707. The molecule has 0 aromatic heterocycles. The smallest absolute Gasteiger partial charge is 0.324 e. The molecule has 27 heavy (non-hydrogen) atoms. The predicted molar refractivity (Wildman–Crippen MR) is 100 cm³/mol. The molecule has 0 bridgehead atoms. The van der Waals surface area contributed by atoms with Gasteiger partial charge in [-0.3, -0.25) is 4.79 Å². The lowest BCUT2D eigenvalue weighted by molar-refractivity contribution is -0.144. The van der Waals surface area contributed by atoms with Gasteiger partial charge in [0.2, 0.25) is 10.0 Å². The number of nitrogens with zero attached hydrogens (tertiary/aromatic N) is 2. The number of ether oxygens (including phenoxy) is 1. The second kappa shape index (κ2) is 6.18. The normalized spacial score (nSPS) is 29.4. The molecular weight excluding hydrogens is 392 g/mol. The number of sulfonamides is 1. The second-order valence-electron chi connectivity index (χ2n) is 7.63. The zero-order chi connectivity index (χ0) is 19.4. The highest BCUT2D eigenvalue weighted by Gasteiger charge is 2.60. The van der Waals surface area contributed by atoms with Crippen LogP contribution in [0, 0.1) is 0 Å². The van der Waals surface area contributed by atoms with Crippen LogP contribution >= 0.6 is 11.6 Å². The van der Waals surface area contributed by atoms with Gasteiger partial charge in [-0.1, -0.05) is 28.9 Å². The average molecular weight is 413 g/mol. The van der Waals surface area contributed by atoms with Crippen LogP contribution in [0.2, 0.25) is 5.02 Å². The lowest BCUT2D eigenvalue weighted by Gasteiger charge is -2.22. The Hall–Kier alpha value is -1.64. The van der Waals surface area contributed by atoms with Crippen molar-refractivity contribution in [3.8, 4) is 0 Å². The summed E-state index contributed by atoms with van der Waals surface area (Å²) in [6.07, 6.45) is 3.74. The molecule has 7 nitrogen and oxygen atoms in total. The van der Waals surface area contributed by atoms with E-state index < -0.39 is 27.6 Å². The summed E-state index contributed by atoms with van der Waals surface area (Å²) >= 11 is 6.00. The summed E-state index contributed by atoms with van der Waals surface area (Å²) in [6.45, 7) is 0.0926. The zero-order valence-corrected chi connectivity index (χ0v) is 16.7. The molecule has 0 amide bonds. The lowest BCUT2D eigenvalue weighted by atomic mass is 9.83. The molecule has 3 aliphatic rings. The van der Waals surface area contributed by atoms with Gasteiger partial charge in [0.15, 0.2) is 5.60 Å². The summed E-state index contributed by atoms with van der Waals surface area (Å²) in [6, 6.07) is 6.83. The molecule has 4 rings (SSSR count). The number of carbonyl (C=O) groups excluding carboxylic acids is 1.